The van der Waals surface area contributed by atoms with Gasteiger partial charge >= 0.3 is 5.97 Å². The Labute approximate surface area is 145 Å². The van der Waals surface area contributed by atoms with Crippen molar-refractivity contribution in [1.82, 2.24) is 9.80 Å². The van der Waals surface area contributed by atoms with Gasteiger partial charge in [-0.15, -0.1) is 0 Å². The van der Waals surface area contributed by atoms with E-state index in [1.165, 1.54) is 5.56 Å². The Bertz CT molecular complexity index is 527. The third-order valence-corrected chi connectivity index (χ3v) is 5.40. The lowest BCUT2D eigenvalue weighted by Crippen LogP contribution is -2.36. The van der Waals surface area contributed by atoms with Crippen LogP contribution in [-0.4, -0.2) is 53.6 Å². The summed E-state index contributed by atoms with van der Waals surface area (Å²) < 4.78 is 0.931. The molecule has 22 heavy (non-hydrogen) atoms. The SMILES string of the molecule is CN(CC(=O)O)C1CCCN(Cc2ccc(Cl)c(Br)c2)CC1. The quantitative estimate of drug-likeness (QED) is 0.837. The number of likely N-dealkylation sites (N-methyl/N-ethyl adjacent to an activating group) is 1. The summed E-state index contributed by atoms with van der Waals surface area (Å²) in [7, 11) is 1.91. The molecule has 6 heteroatoms. The molecule has 1 aromatic rings. The number of aliphatic carboxylic acids is 1. The number of benzene rings is 1. The van der Waals surface area contributed by atoms with Crippen LogP contribution in [-0.2, 0) is 11.3 Å². The molecule has 1 aliphatic heterocycles. The molecule has 0 aliphatic carbocycles. The highest BCUT2D eigenvalue weighted by atomic mass is 79.9. The number of rotatable bonds is 5. The first kappa shape index (κ1) is 17.7. The van der Waals surface area contributed by atoms with Crippen molar-refractivity contribution in [2.75, 3.05) is 26.7 Å². The van der Waals surface area contributed by atoms with Crippen LogP contribution < -0.4 is 0 Å². The second-order valence-electron chi connectivity index (χ2n) is 5.92. The van der Waals surface area contributed by atoms with E-state index in [1.807, 2.05) is 18.0 Å². The summed E-state index contributed by atoms with van der Waals surface area (Å²) in [4.78, 5) is 15.2. The van der Waals surface area contributed by atoms with Gasteiger partial charge in [0.2, 0.25) is 0 Å². The number of carboxylic acids is 1. The van der Waals surface area contributed by atoms with Crippen molar-refractivity contribution in [2.45, 2.75) is 31.8 Å². The van der Waals surface area contributed by atoms with Crippen LogP contribution in [0.25, 0.3) is 0 Å². The summed E-state index contributed by atoms with van der Waals surface area (Å²) in [6.45, 7) is 3.08. The molecular formula is C16H22BrClN2O2. The van der Waals surface area contributed by atoms with Gasteiger partial charge in [-0.1, -0.05) is 17.7 Å². The number of carboxylic acid groups (broad SMARTS) is 1. The number of hydrogen-bond acceptors (Lipinski definition) is 3. The zero-order valence-corrected chi connectivity index (χ0v) is 15.1. The minimum absolute atomic E-state index is 0.120. The first-order chi connectivity index (χ1) is 10.5. The normalized spacial score (nSPS) is 20.1. The van der Waals surface area contributed by atoms with E-state index in [-0.39, 0.29) is 6.54 Å². The molecular weight excluding hydrogens is 368 g/mol. The minimum atomic E-state index is -0.755. The maximum atomic E-state index is 10.8. The van der Waals surface area contributed by atoms with E-state index >= 15 is 0 Å². The molecule has 0 spiro atoms. The molecule has 0 saturated carbocycles. The lowest BCUT2D eigenvalue weighted by atomic mass is 10.1. The predicted molar refractivity (Wildman–Crippen MR) is 92.3 cm³/mol. The molecule has 1 fully saturated rings. The van der Waals surface area contributed by atoms with Crippen molar-refractivity contribution in [3.8, 4) is 0 Å². The van der Waals surface area contributed by atoms with Gasteiger partial charge in [0.15, 0.2) is 0 Å². The molecule has 4 nitrogen and oxygen atoms in total. The van der Waals surface area contributed by atoms with Crippen LogP contribution in [0.15, 0.2) is 22.7 Å². The van der Waals surface area contributed by atoms with Crippen molar-refractivity contribution >= 4 is 33.5 Å². The highest BCUT2D eigenvalue weighted by Gasteiger charge is 2.21. The molecule has 1 N–H and O–H groups in total. The standard InChI is InChI=1S/C16H22BrClN2O2/c1-19(11-16(21)22)13-3-2-7-20(8-6-13)10-12-4-5-15(18)14(17)9-12/h4-5,9,13H,2-3,6-8,10-11H2,1H3,(H,21,22). The number of hydrogen-bond donors (Lipinski definition) is 1. The van der Waals surface area contributed by atoms with E-state index in [4.69, 9.17) is 16.7 Å². The van der Waals surface area contributed by atoms with E-state index in [0.717, 1.165) is 48.4 Å². The summed E-state index contributed by atoms with van der Waals surface area (Å²) in [5.74, 6) is -0.755. The molecule has 0 aromatic heterocycles. The second kappa shape index (κ2) is 8.29. The van der Waals surface area contributed by atoms with Crippen LogP contribution in [0.5, 0.6) is 0 Å². The van der Waals surface area contributed by atoms with Gasteiger partial charge in [-0.25, -0.2) is 0 Å². The molecule has 2 rings (SSSR count). The van der Waals surface area contributed by atoms with Crippen molar-refractivity contribution in [3.05, 3.63) is 33.3 Å². The Balaban J connectivity index is 1.89. The molecule has 1 heterocycles. The van der Waals surface area contributed by atoms with Crippen LogP contribution in [0.3, 0.4) is 0 Å². The van der Waals surface area contributed by atoms with Gasteiger partial charge in [0.25, 0.3) is 0 Å². The van der Waals surface area contributed by atoms with E-state index < -0.39 is 5.97 Å². The fraction of sp³-hybridized carbons (Fsp3) is 0.562. The van der Waals surface area contributed by atoms with Gasteiger partial charge < -0.3 is 5.11 Å². The van der Waals surface area contributed by atoms with Gasteiger partial charge in [-0.3, -0.25) is 14.6 Å². The van der Waals surface area contributed by atoms with Crippen LogP contribution in [0, 0.1) is 0 Å². The molecule has 1 unspecified atom stereocenters. The van der Waals surface area contributed by atoms with Gasteiger partial charge in [-0.05, 0) is 73.0 Å². The Morgan fingerprint density at radius 2 is 2.23 bits per heavy atom. The number of carbonyl (C=O) groups is 1. The smallest absolute Gasteiger partial charge is 0.317 e. The third-order valence-electron chi connectivity index (χ3n) is 4.19. The zero-order chi connectivity index (χ0) is 16.1. The summed E-state index contributed by atoms with van der Waals surface area (Å²) in [5, 5.41) is 9.64. The van der Waals surface area contributed by atoms with Gasteiger partial charge in [0.05, 0.1) is 11.6 Å². The lowest BCUT2D eigenvalue weighted by Gasteiger charge is -2.25. The molecule has 0 amide bonds. The topological polar surface area (TPSA) is 43.8 Å². The molecule has 1 aliphatic rings. The van der Waals surface area contributed by atoms with Gasteiger partial charge in [0.1, 0.15) is 0 Å². The average molecular weight is 390 g/mol. The summed E-state index contributed by atoms with van der Waals surface area (Å²) in [5.41, 5.74) is 1.24. The Morgan fingerprint density at radius 1 is 1.45 bits per heavy atom. The maximum Gasteiger partial charge on any atom is 0.317 e. The van der Waals surface area contributed by atoms with Crippen LogP contribution in [0.1, 0.15) is 24.8 Å². The minimum Gasteiger partial charge on any atom is -0.480 e. The Morgan fingerprint density at radius 3 is 2.91 bits per heavy atom. The third kappa shape index (κ3) is 5.23. The fourth-order valence-electron chi connectivity index (χ4n) is 2.98. The number of halogens is 2. The molecule has 1 aromatic carbocycles. The average Bonchev–Trinajstić information content (AvgIpc) is 2.68. The van der Waals surface area contributed by atoms with E-state index in [2.05, 4.69) is 33.0 Å². The number of nitrogens with zero attached hydrogens (tertiary/aromatic N) is 2. The predicted octanol–water partition coefficient (Wildman–Crippen LogP) is 3.47. The summed E-state index contributed by atoms with van der Waals surface area (Å²) in [6.07, 6.45) is 3.17. The fourth-order valence-corrected chi connectivity index (χ4v) is 3.52. The van der Waals surface area contributed by atoms with E-state index in [1.54, 1.807) is 0 Å². The second-order valence-corrected chi connectivity index (χ2v) is 7.18. The molecule has 122 valence electrons. The highest BCUT2D eigenvalue weighted by Crippen LogP contribution is 2.24. The van der Waals surface area contributed by atoms with Crippen molar-refractivity contribution in [2.24, 2.45) is 0 Å². The van der Waals surface area contributed by atoms with Crippen molar-refractivity contribution in [1.29, 1.82) is 0 Å². The lowest BCUT2D eigenvalue weighted by molar-refractivity contribution is -0.138. The van der Waals surface area contributed by atoms with Gasteiger partial charge in [-0.2, -0.15) is 0 Å². The van der Waals surface area contributed by atoms with Crippen LogP contribution >= 0.6 is 27.5 Å². The molecule has 0 radical (unpaired) electrons. The summed E-state index contributed by atoms with van der Waals surface area (Å²) in [6, 6.07) is 6.41. The summed E-state index contributed by atoms with van der Waals surface area (Å²) >= 11 is 9.50. The highest BCUT2D eigenvalue weighted by molar-refractivity contribution is 9.10. The first-order valence-corrected chi connectivity index (χ1v) is 8.71. The maximum absolute atomic E-state index is 10.8. The monoisotopic (exact) mass is 388 g/mol. The van der Waals surface area contributed by atoms with E-state index in [9.17, 15) is 4.79 Å². The van der Waals surface area contributed by atoms with Gasteiger partial charge in [0, 0.05) is 17.1 Å². The molecule has 1 atom stereocenters. The zero-order valence-electron chi connectivity index (χ0n) is 12.8. The molecule has 0 bridgehead atoms. The van der Waals surface area contributed by atoms with Crippen LogP contribution in [0.2, 0.25) is 5.02 Å². The van der Waals surface area contributed by atoms with Crippen LogP contribution in [0.4, 0.5) is 0 Å². The largest absolute Gasteiger partial charge is 0.480 e. The number of likely N-dealkylation sites (tertiary alicyclic amines) is 1. The van der Waals surface area contributed by atoms with Crippen molar-refractivity contribution in [3.63, 3.8) is 0 Å². The molecule has 1 saturated heterocycles. The van der Waals surface area contributed by atoms with Crippen molar-refractivity contribution < 1.29 is 9.90 Å². The van der Waals surface area contributed by atoms with E-state index in [0.29, 0.717) is 6.04 Å². The first-order valence-electron chi connectivity index (χ1n) is 7.54. The Kier molecular flexibility index (Phi) is 6.68. The Hall–Kier alpha value is -0.620.